The lowest BCUT2D eigenvalue weighted by molar-refractivity contribution is -0.155. The van der Waals surface area contributed by atoms with E-state index in [1.165, 1.54) is 6.42 Å². The molecular formula is C14H21NO2. The summed E-state index contributed by atoms with van der Waals surface area (Å²) < 4.78 is 5.99. The minimum absolute atomic E-state index is 0.0237. The zero-order valence-corrected chi connectivity index (χ0v) is 10.7. The molecule has 4 bridgehead atoms. The second-order valence-electron chi connectivity index (χ2n) is 6.30. The van der Waals surface area contributed by atoms with Crippen LogP contribution in [0.25, 0.3) is 0 Å². The van der Waals surface area contributed by atoms with Crippen LogP contribution in [0.1, 0.15) is 33.1 Å². The maximum atomic E-state index is 12.4. The van der Waals surface area contributed by atoms with Crippen LogP contribution < -0.4 is 5.32 Å². The zero-order valence-electron chi connectivity index (χ0n) is 10.7. The lowest BCUT2D eigenvalue weighted by Gasteiger charge is -2.39. The van der Waals surface area contributed by atoms with E-state index in [0.717, 1.165) is 19.4 Å². The predicted octanol–water partition coefficient (Wildman–Crippen LogP) is 1.88. The summed E-state index contributed by atoms with van der Waals surface area (Å²) in [5.41, 5.74) is -0.331. The smallest absolute Gasteiger partial charge is 0.253 e. The summed E-state index contributed by atoms with van der Waals surface area (Å²) in [6.07, 6.45) is 5.00. The van der Waals surface area contributed by atoms with Crippen molar-refractivity contribution >= 4 is 5.91 Å². The van der Waals surface area contributed by atoms with Gasteiger partial charge in [-0.2, -0.15) is 0 Å². The van der Waals surface area contributed by atoms with E-state index in [1.54, 1.807) is 6.08 Å². The minimum Gasteiger partial charge on any atom is -0.364 e. The van der Waals surface area contributed by atoms with Gasteiger partial charge in [0.25, 0.3) is 5.91 Å². The van der Waals surface area contributed by atoms with Crippen molar-refractivity contribution in [3.63, 3.8) is 0 Å². The molecule has 1 amide bonds. The third-order valence-electron chi connectivity index (χ3n) is 5.97. The van der Waals surface area contributed by atoms with Crippen molar-refractivity contribution in [2.45, 2.75) is 38.7 Å². The van der Waals surface area contributed by atoms with Crippen molar-refractivity contribution in [3.05, 3.63) is 12.7 Å². The fourth-order valence-electron chi connectivity index (χ4n) is 4.57. The van der Waals surface area contributed by atoms with Crippen LogP contribution in [0, 0.1) is 16.7 Å². The van der Waals surface area contributed by atoms with Gasteiger partial charge in [-0.25, -0.2) is 0 Å². The zero-order chi connectivity index (χ0) is 12.3. The lowest BCUT2D eigenvalue weighted by atomic mass is 9.66. The van der Waals surface area contributed by atoms with Gasteiger partial charge in [0.2, 0.25) is 0 Å². The molecule has 94 valence electrons. The SMILES string of the molecule is C=CCNC(=O)[C@@]12C[C@@H]3CC[C@]1(C)[C@@]3(C)CO2. The highest BCUT2D eigenvalue weighted by Gasteiger charge is 2.78. The Morgan fingerprint density at radius 2 is 2.35 bits per heavy atom. The molecule has 3 aliphatic rings. The molecule has 17 heavy (non-hydrogen) atoms. The van der Waals surface area contributed by atoms with Gasteiger partial charge in [0, 0.05) is 17.4 Å². The highest BCUT2D eigenvalue weighted by atomic mass is 16.5. The molecule has 1 N–H and O–H groups in total. The first-order valence-corrected chi connectivity index (χ1v) is 6.53. The number of carbonyl (C=O) groups is 1. The molecular weight excluding hydrogens is 214 g/mol. The molecule has 2 saturated carbocycles. The summed E-state index contributed by atoms with van der Waals surface area (Å²) in [4.78, 5) is 12.4. The Morgan fingerprint density at radius 3 is 2.94 bits per heavy atom. The normalized spacial score (nSPS) is 50.6. The first kappa shape index (κ1) is 11.3. The van der Waals surface area contributed by atoms with E-state index in [-0.39, 0.29) is 16.7 Å². The van der Waals surface area contributed by atoms with E-state index in [0.29, 0.717) is 12.5 Å². The third kappa shape index (κ3) is 1.00. The van der Waals surface area contributed by atoms with Gasteiger partial charge in [0.05, 0.1) is 6.61 Å². The van der Waals surface area contributed by atoms with E-state index in [4.69, 9.17) is 4.74 Å². The standard InChI is InChI=1S/C14H21NO2/c1-4-7-15-11(16)14-8-10-5-6-13(14,3)12(10,2)9-17-14/h4,10H,1,5-9H2,2-3H3,(H,15,16)/t10-,12-,13+,14-/m0/s1. The average Bonchev–Trinajstić information content (AvgIpc) is 2.78. The van der Waals surface area contributed by atoms with Gasteiger partial charge in [0.1, 0.15) is 0 Å². The summed E-state index contributed by atoms with van der Waals surface area (Å²) >= 11 is 0. The Morgan fingerprint density at radius 1 is 1.59 bits per heavy atom. The molecule has 0 spiro atoms. The van der Waals surface area contributed by atoms with E-state index >= 15 is 0 Å². The van der Waals surface area contributed by atoms with Crippen LogP contribution in [0.2, 0.25) is 0 Å². The number of hydrogen-bond acceptors (Lipinski definition) is 2. The van der Waals surface area contributed by atoms with Crippen molar-refractivity contribution < 1.29 is 9.53 Å². The molecule has 1 aliphatic heterocycles. The molecule has 3 heteroatoms. The minimum atomic E-state index is -0.562. The van der Waals surface area contributed by atoms with Crippen molar-refractivity contribution in [1.82, 2.24) is 5.32 Å². The maximum Gasteiger partial charge on any atom is 0.253 e. The predicted molar refractivity (Wildman–Crippen MR) is 65.4 cm³/mol. The monoisotopic (exact) mass is 235 g/mol. The van der Waals surface area contributed by atoms with Gasteiger partial charge in [-0.1, -0.05) is 19.9 Å². The Bertz CT molecular complexity index is 394. The fraction of sp³-hybridized carbons (Fsp3) is 0.786. The van der Waals surface area contributed by atoms with Crippen LogP contribution in [-0.4, -0.2) is 24.7 Å². The number of ether oxygens (including phenoxy) is 1. The summed E-state index contributed by atoms with van der Waals surface area (Å²) in [6.45, 7) is 9.47. The van der Waals surface area contributed by atoms with Crippen molar-refractivity contribution in [3.8, 4) is 0 Å². The van der Waals surface area contributed by atoms with E-state index in [2.05, 4.69) is 25.7 Å². The molecule has 3 rings (SSSR count). The second kappa shape index (κ2) is 3.14. The summed E-state index contributed by atoms with van der Waals surface area (Å²) in [5.74, 6) is 0.738. The summed E-state index contributed by atoms with van der Waals surface area (Å²) in [7, 11) is 0. The molecule has 3 nitrogen and oxygen atoms in total. The first-order chi connectivity index (χ1) is 8.00. The summed E-state index contributed by atoms with van der Waals surface area (Å²) in [6, 6.07) is 0. The largest absolute Gasteiger partial charge is 0.364 e. The highest BCUT2D eigenvalue weighted by molar-refractivity contribution is 5.88. The number of nitrogens with one attached hydrogen (secondary N) is 1. The quantitative estimate of drug-likeness (QED) is 0.759. The van der Waals surface area contributed by atoms with Crippen LogP contribution in [0.15, 0.2) is 12.7 Å². The highest BCUT2D eigenvalue weighted by Crippen LogP contribution is 2.74. The molecule has 0 aromatic carbocycles. The van der Waals surface area contributed by atoms with Crippen LogP contribution in [0.5, 0.6) is 0 Å². The topological polar surface area (TPSA) is 38.3 Å². The second-order valence-corrected chi connectivity index (χ2v) is 6.30. The molecule has 1 heterocycles. The van der Waals surface area contributed by atoms with Crippen molar-refractivity contribution in [1.29, 1.82) is 0 Å². The Hall–Kier alpha value is -0.830. The van der Waals surface area contributed by atoms with Gasteiger partial charge in [-0.3, -0.25) is 4.79 Å². The average molecular weight is 235 g/mol. The van der Waals surface area contributed by atoms with Crippen molar-refractivity contribution in [2.75, 3.05) is 13.2 Å². The molecule has 0 aromatic rings. The van der Waals surface area contributed by atoms with Gasteiger partial charge in [0.15, 0.2) is 5.60 Å². The van der Waals surface area contributed by atoms with E-state index < -0.39 is 5.60 Å². The molecule has 0 aromatic heterocycles. The molecule has 0 unspecified atom stereocenters. The Kier molecular flexibility index (Phi) is 2.08. The van der Waals surface area contributed by atoms with Crippen LogP contribution in [-0.2, 0) is 9.53 Å². The molecule has 4 atom stereocenters. The number of rotatable bonds is 3. The van der Waals surface area contributed by atoms with E-state index in [9.17, 15) is 4.79 Å². The van der Waals surface area contributed by atoms with Gasteiger partial charge < -0.3 is 10.1 Å². The van der Waals surface area contributed by atoms with E-state index in [1.807, 2.05) is 0 Å². The first-order valence-electron chi connectivity index (χ1n) is 6.53. The number of carbonyl (C=O) groups excluding carboxylic acids is 1. The maximum absolute atomic E-state index is 12.4. The summed E-state index contributed by atoms with van der Waals surface area (Å²) in [5, 5.41) is 2.94. The molecule has 3 fully saturated rings. The molecule has 2 aliphatic carbocycles. The molecule has 0 radical (unpaired) electrons. The Labute approximate surface area is 103 Å². The molecule has 1 saturated heterocycles. The fourth-order valence-corrected chi connectivity index (χ4v) is 4.57. The van der Waals surface area contributed by atoms with Crippen LogP contribution in [0.4, 0.5) is 0 Å². The van der Waals surface area contributed by atoms with Gasteiger partial charge >= 0.3 is 0 Å². The van der Waals surface area contributed by atoms with Gasteiger partial charge in [-0.05, 0) is 25.2 Å². The lowest BCUT2D eigenvalue weighted by Crippen LogP contribution is -2.55. The number of hydrogen-bond donors (Lipinski definition) is 1. The van der Waals surface area contributed by atoms with Crippen LogP contribution >= 0.6 is 0 Å². The van der Waals surface area contributed by atoms with Crippen LogP contribution in [0.3, 0.4) is 0 Å². The van der Waals surface area contributed by atoms with Gasteiger partial charge in [-0.15, -0.1) is 6.58 Å². The van der Waals surface area contributed by atoms with Crippen molar-refractivity contribution in [2.24, 2.45) is 16.7 Å². The third-order valence-corrected chi connectivity index (χ3v) is 5.97. The Balaban J connectivity index is 1.95. The number of amides is 1.